The van der Waals surface area contributed by atoms with Crippen LogP contribution in [0.5, 0.6) is 5.75 Å². The van der Waals surface area contributed by atoms with E-state index in [1.165, 1.54) is 12.1 Å². The molecule has 6 nitrogen and oxygen atoms in total. The van der Waals surface area contributed by atoms with Gasteiger partial charge in [0.1, 0.15) is 23.1 Å². The van der Waals surface area contributed by atoms with E-state index >= 15 is 0 Å². The quantitative estimate of drug-likeness (QED) is 0.456. The molecule has 0 aliphatic heterocycles. The number of carbonyl (C=O) groups is 1. The zero-order chi connectivity index (χ0) is 26.0. The Morgan fingerprint density at radius 2 is 1.92 bits per heavy atom. The smallest absolute Gasteiger partial charge is 0.185 e. The van der Waals surface area contributed by atoms with Crippen molar-refractivity contribution < 1.29 is 23.4 Å². The molecule has 1 fully saturated rings. The minimum Gasteiger partial charge on any atom is -0.491 e. The van der Waals surface area contributed by atoms with E-state index in [0.29, 0.717) is 6.42 Å². The molecule has 1 saturated carbocycles. The third-order valence-corrected chi connectivity index (χ3v) is 6.65. The number of nitrogens with two attached hydrogens (primary N) is 1. The van der Waals surface area contributed by atoms with Crippen LogP contribution in [0.15, 0.2) is 48.8 Å². The van der Waals surface area contributed by atoms with E-state index in [-0.39, 0.29) is 58.9 Å². The van der Waals surface area contributed by atoms with Crippen molar-refractivity contribution in [3.63, 3.8) is 0 Å². The van der Waals surface area contributed by atoms with Crippen molar-refractivity contribution in [2.45, 2.75) is 64.2 Å². The molecule has 3 N–H and O–H groups in total. The molecule has 4 rings (SSSR count). The molecule has 2 aromatic heterocycles. The number of ketones is 1. The van der Waals surface area contributed by atoms with Crippen molar-refractivity contribution in [2.75, 3.05) is 0 Å². The molecule has 1 aliphatic carbocycles. The van der Waals surface area contributed by atoms with Crippen molar-refractivity contribution in [2.24, 2.45) is 11.7 Å². The zero-order valence-electron chi connectivity index (χ0n) is 20.6. The number of Topliss-reactive ketones (excluding diaryl/α,β-unsaturated/α-hetero) is 1. The Balaban J connectivity index is 1.58. The van der Waals surface area contributed by atoms with Gasteiger partial charge in [-0.25, -0.2) is 13.8 Å². The van der Waals surface area contributed by atoms with Gasteiger partial charge in [0.05, 0.1) is 23.5 Å². The Hall–Kier alpha value is -3.23. The van der Waals surface area contributed by atoms with Crippen LogP contribution in [0.1, 0.15) is 61.1 Å². The molecule has 3 aromatic rings. The summed E-state index contributed by atoms with van der Waals surface area (Å²) >= 11 is 0. The number of hydrogen-bond donors (Lipinski definition) is 2. The van der Waals surface area contributed by atoms with E-state index in [9.17, 15) is 18.7 Å². The van der Waals surface area contributed by atoms with Gasteiger partial charge in [0.2, 0.25) is 0 Å². The summed E-state index contributed by atoms with van der Waals surface area (Å²) in [4.78, 5) is 21.7. The minimum atomic E-state index is -0.817. The molecule has 0 amide bonds. The summed E-state index contributed by atoms with van der Waals surface area (Å²) < 4.78 is 35.0. The van der Waals surface area contributed by atoms with E-state index in [1.807, 2.05) is 13.0 Å². The fourth-order valence-corrected chi connectivity index (χ4v) is 4.94. The summed E-state index contributed by atoms with van der Waals surface area (Å²) in [5.74, 6) is -1.71. The highest BCUT2D eigenvalue weighted by Gasteiger charge is 2.34. The highest BCUT2D eigenvalue weighted by Crippen LogP contribution is 2.37. The lowest BCUT2D eigenvalue weighted by molar-refractivity contribution is 0.0519. The highest BCUT2D eigenvalue weighted by molar-refractivity contribution is 5.96. The van der Waals surface area contributed by atoms with Crippen LogP contribution in [-0.4, -0.2) is 39.1 Å². The van der Waals surface area contributed by atoms with Gasteiger partial charge in [-0.3, -0.25) is 9.78 Å². The monoisotopic (exact) mass is 495 g/mol. The van der Waals surface area contributed by atoms with Crippen molar-refractivity contribution in [3.8, 4) is 17.0 Å². The maximum Gasteiger partial charge on any atom is 0.185 e. The van der Waals surface area contributed by atoms with E-state index in [0.717, 1.165) is 29.7 Å². The second kappa shape index (κ2) is 10.8. The van der Waals surface area contributed by atoms with Gasteiger partial charge in [-0.1, -0.05) is 13.0 Å². The van der Waals surface area contributed by atoms with Crippen LogP contribution < -0.4 is 10.5 Å². The molecule has 0 saturated heterocycles. The van der Waals surface area contributed by atoms with Crippen molar-refractivity contribution in [1.82, 2.24) is 9.97 Å². The fourth-order valence-electron chi connectivity index (χ4n) is 4.94. The second-order valence-electron chi connectivity index (χ2n) is 9.81. The number of nitrogens with zero attached hydrogens (tertiary/aromatic N) is 2. The van der Waals surface area contributed by atoms with Crippen LogP contribution in [-0.2, 0) is 6.42 Å². The Bertz CT molecular complexity index is 1220. The summed E-state index contributed by atoms with van der Waals surface area (Å²) in [6, 6.07) is 8.33. The lowest BCUT2D eigenvalue weighted by atomic mass is 9.74. The van der Waals surface area contributed by atoms with Crippen LogP contribution in [0.3, 0.4) is 0 Å². The number of pyridine rings is 2. The third-order valence-electron chi connectivity index (χ3n) is 6.65. The number of aliphatic hydroxyl groups excluding tert-OH is 1. The zero-order valence-corrected chi connectivity index (χ0v) is 20.6. The molecule has 36 heavy (non-hydrogen) atoms. The lowest BCUT2D eigenvalue weighted by Crippen LogP contribution is -2.44. The van der Waals surface area contributed by atoms with Gasteiger partial charge in [-0.15, -0.1) is 0 Å². The Labute approximate surface area is 209 Å². The van der Waals surface area contributed by atoms with Gasteiger partial charge in [0.25, 0.3) is 0 Å². The van der Waals surface area contributed by atoms with E-state index in [1.54, 1.807) is 32.3 Å². The van der Waals surface area contributed by atoms with Gasteiger partial charge in [0, 0.05) is 37.0 Å². The Morgan fingerprint density at radius 3 is 2.58 bits per heavy atom. The topological polar surface area (TPSA) is 98.3 Å². The number of carbonyl (C=O) groups excluding carboxylic acids is 1. The summed E-state index contributed by atoms with van der Waals surface area (Å²) in [7, 11) is 0. The highest BCUT2D eigenvalue weighted by atomic mass is 19.1. The number of rotatable bonds is 7. The number of halogens is 2. The van der Waals surface area contributed by atoms with Crippen LogP contribution >= 0.6 is 0 Å². The van der Waals surface area contributed by atoms with Gasteiger partial charge in [-0.2, -0.15) is 0 Å². The maximum absolute atomic E-state index is 14.8. The molecular weight excluding hydrogens is 464 g/mol. The third kappa shape index (κ3) is 5.60. The van der Waals surface area contributed by atoms with Crippen molar-refractivity contribution >= 4 is 5.78 Å². The second-order valence-corrected chi connectivity index (χ2v) is 9.81. The predicted octanol–water partition coefficient (Wildman–Crippen LogP) is 4.84. The predicted molar refractivity (Wildman–Crippen MR) is 133 cm³/mol. The Kier molecular flexibility index (Phi) is 7.76. The van der Waals surface area contributed by atoms with Crippen molar-refractivity contribution in [3.05, 3.63) is 77.2 Å². The normalized spacial score (nSPS) is 22.0. The molecule has 0 spiro atoms. The number of aliphatic hydroxyl groups is 1. The molecule has 0 bridgehead atoms. The summed E-state index contributed by atoms with van der Waals surface area (Å²) in [6.07, 6.45) is 3.96. The van der Waals surface area contributed by atoms with Crippen LogP contribution in [0.25, 0.3) is 11.3 Å². The molecule has 0 unspecified atom stereocenters. The largest absolute Gasteiger partial charge is 0.491 e. The first-order valence-corrected chi connectivity index (χ1v) is 12.2. The molecule has 190 valence electrons. The number of benzene rings is 1. The average Bonchev–Trinajstić information content (AvgIpc) is 2.82. The Morgan fingerprint density at radius 1 is 1.19 bits per heavy atom. The van der Waals surface area contributed by atoms with Gasteiger partial charge < -0.3 is 15.6 Å². The molecule has 1 aliphatic rings. The van der Waals surface area contributed by atoms with Crippen LogP contribution in [0, 0.1) is 17.6 Å². The first-order chi connectivity index (χ1) is 17.1. The first-order valence-electron chi connectivity index (χ1n) is 12.2. The first kappa shape index (κ1) is 25.9. The molecule has 2 heterocycles. The van der Waals surface area contributed by atoms with Crippen LogP contribution in [0.2, 0.25) is 0 Å². The molecule has 4 atom stereocenters. The van der Waals surface area contributed by atoms with E-state index < -0.39 is 17.7 Å². The van der Waals surface area contributed by atoms with E-state index in [2.05, 4.69) is 9.97 Å². The minimum absolute atomic E-state index is 0.0272. The average molecular weight is 496 g/mol. The molecule has 0 radical (unpaired) electrons. The van der Waals surface area contributed by atoms with Gasteiger partial charge in [-0.05, 0) is 67.9 Å². The molecule has 1 aromatic carbocycles. The molecule has 8 heteroatoms. The summed E-state index contributed by atoms with van der Waals surface area (Å²) in [6.45, 7) is 5.50. The van der Waals surface area contributed by atoms with Gasteiger partial charge in [0.15, 0.2) is 5.78 Å². The number of aromatic nitrogens is 2. The van der Waals surface area contributed by atoms with Crippen molar-refractivity contribution in [1.29, 1.82) is 0 Å². The number of ether oxygens (including phenoxy) is 1. The SMILES string of the molecule is CC(C)Oc1cc(F)c(-c2cccc(C(=O)Cc3cnccc3[C@H]3C[C@@H](N)[C@H](O)[C@@H](C)C3)n2)c(F)c1. The summed E-state index contributed by atoms with van der Waals surface area (Å²) in [5, 5.41) is 10.2. The maximum atomic E-state index is 14.8. The van der Waals surface area contributed by atoms with E-state index in [4.69, 9.17) is 10.5 Å². The summed E-state index contributed by atoms with van der Waals surface area (Å²) in [5.41, 5.74) is 7.70. The standard InChI is InChI=1S/C28H31F2N3O3/c1-15(2)36-19-12-21(29)27(22(30)13-19)25-6-4-5-24(33-25)26(34)11-18-14-32-8-7-20(18)17-9-16(3)28(35)23(31)10-17/h4-8,12-17,23,28,35H,9-11,31H2,1-3H3/t16-,17+,23+,28+/m0/s1. The van der Waals surface area contributed by atoms with Gasteiger partial charge >= 0.3 is 0 Å². The molecular formula is C28H31F2N3O3. The lowest BCUT2D eigenvalue weighted by Gasteiger charge is -2.36. The fraction of sp³-hybridized carbons (Fsp3) is 0.393. The van der Waals surface area contributed by atoms with Crippen LogP contribution in [0.4, 0.5) is 8.78 Å². The number of hydrogen-bond acceptors (Lipinski definition) is 6.